The van der Waals surface area contributed by atoms with Crippen molar-refractivity contribution in [1.82, 2.24) is 10.3 Å². The minimum Gasteiger partial charge on any atom is -0.444 e. The molecule has 2 aliphatic rings. The van der Waals surface area contributed by atoms with Gasteiger partial charge < -0.3 is 15.1 Å². The lowest BCUT2D eigenvalue weighted by atomic mass is 9.85. The van der Waals surface area contributed by atoms with Crippen LogP contribution in [0, 0.1) is 5.92 Å². The van der Waals surface area contributed by atoms with Crippen molar-refractivity contribution in [2.75, 3.05) is 5.32 Å². The highest BCUT2D eigenvalue weighted by Crippen LogP contribution is 2.33. The fraction of sp³-hybridized carbons (Fsp3) is 0.444. The van der Waals surface area contributed by atoms with Crippen molar-refractivity contribution in [2.45, 2.75) is 44.2 Å². The molecule has 0 radical (unpaired) electrons. The number of hydrogen-bond acceptors (Lipinski definition) is 4. The summed E-state index contributed by atoms with van der Waals surface area (Å²) >= 11 is 0. The predicted octanol–water partition coefficient (Wildman–Crippen LogP) is 3.20. The Morgan fingerprint density at radius 3 is 3.04 bits per heavy atom. The largest absolute Gasteiger partial charge is 0.444 e. The number of fused-ring (bicyclic) bond motifs is 1. The maximum absolute atomic E-state index is 12.5. The third-order valence-electron chi connectivity index (χ3n) is 5.03. The second-order valence-corrected chi connectivity index (χ2v) is 6.54. The lowest BCUT2D eigenvalue weighted by Crippen LogP contribution is -2.39. The molecule has 0 bridgehead atoms. The number of benzene rings is 1. The monoisotopic (exact) mass is 311 g/mol. The molecule has 1 saturated carbocycles. The highest BCUT2D eigenvalue weighted by molar-refractivity contribution is 5.95. The number of nitrogens with one attached hydrogen (secondary N) is 2. The Hall–Kier alpha value is -2.14. The topological polar surface area (TPSA) is 67.2 Å². The predicted molar refractivity (Wildman–Crippen MR) is 87.9 cm³/mol. The van der Waals surface area contributed by atoms with Gasteiger partial charge in [-0.25, -0.2) is 4.98 Å². The van der Waals surface area contributed by atoms with E-state index in [0.717, 1.165) is 17.7 Å². The van der Waals surface area contributed by atoms with E-state index < -0.39 is 0 Å². The zero-order chi connectivity index (χ0) is 15.6. The minimum absolute atomic E-state index is 0.0640. The number of oxazole rings is 1. The lowest BCUT2D eigenvalue weighted by molar-refractivity contribution is -0.117. The first-order chi connectivity index (χ1) is 11.3. The van der Waals surface area contributed by atoms with E-state index in [9.17, 15) is 4.79 Å². The molecule has 2 heterocycles. The summed E-state index contributed by atoms with van der Waals surface area (Å²) in [6, 6.07) is 8.13. The van der Waals surface area contributed by atoms with Crippen LogP contribution >= 0.6 is 0 Å². The molecule has 1 aliphatic carbocycles. The van der Waals surface area contributed by atoms with Crippen molar-refractivity contribution in [3.05, 3.63) is 36.9 Å². The molecule has 3 unspecified atom stereocenters. The second-order valence-electron chi connectivity index (χ2n) is 6.54. The van der Waals surface area contributed by atoms with Crippen LogP contribution in [0.3, 0.4) is 0 Å². The molecular weight excluding hydrogens is 290 g/mol. The number of aromatic nitrogens is 1. The average Bonchev–Trinajstić information content (AvgIpc) is 3.24. The van der Waals surface area contributed by atoms with Gasteiger partial charge in [-0.15, -0.1) is 0 Å². The van der Waals surface area contributed by atoms with Crippen LogP contribution in [-0.2, 0) is 4.79 Å². The standard InChI is InChI=1S/C18H21N3O2/c22-18(16-9-12-4-1-2-7-15(12)21-16)20-14-6-3-5-13(8-14)17-10-19-11-23-17/h3,5-6,8,10-12,15-16,21H,1-2,4,7,9H2,(H,20,22). The normalized spacial score (nSPS) is 26.7. The number of anilines is 1. The summed E-state index contributed by atoms with van der Waals surface area (Å²) < 4.78 is 5.31. The molecule has 2 aromatic rings. The van der Waals surface area contributed by atoms with Crippen molar-refractivity contribution in [1.29, 1.82) is 0 Å². The Morgan fingerprint density at radius 2 is 2.22 bits per heavy atom. The fourth-order valence-corrected chi connectivity index (χ4v) is 3.86. The molecule has 120 valence electrons. The van der Waals surface area contributed by atoms with Gasteiger partial charge in [-0.2, -0.15) is 0 Å². The summed E-state index contributed by atoms with van der Waals surface area (Å²) in [7, 11) is 0. The SMILES string of the molecule is O=C(Nc1cccc(-c2cnco2)c1)C1CC2CCCCC2N1. The summed E-state index contributed by atoms with van der Waals surface area (Å²) in [4.78, 5) is 16.5. The average molecular weight is 311 g/mol. The minimum atomic E-state index is -0.0722. The van der Waals surface area contributed by atoms with Crippen LogP contribution in [0.25, 0.3) is 11.3 Å². The van der Waals surface area contributed by atoms with E-state index in [2.05, 4.69) is 15.6 Å². The van der Waals surface area contributed by atoms with Gasteiger partial charge in [0.2, 0.25) is 5.91 Å². The molecule has 1 amide bonds. The van der Waals surface area contributed by atoms with Crippen LogP contribution in [0.15, 0.2) is 41.3 Å². The maximum atomic E-state index is 12.5. The third kappa shape index (κ3) is 3.01. The van der Waals surface area contributed by atoms with Gasteiger partial charge in [0.1, 0.15) is 0 Å². The Labute approximate surface area is 135 Å². The van der Waals surface area contributed by atoms with Gasteiger partial charge in [-0.05, 0) is 37.3 Å². The second kappa shape index (κ2) is 6.16. The smallest absolute Gasteiger partial charge is 0.241 e. The fourth-order valence-electron chi connectivity index (χ4n) is 3.86. The summed E-state index contributed by atoms with van der Waals surface area (Å²) in [6.45, 7) is 0. The van der Waals surface area contributed by atoms with Crippen LogP contribution < -0.4 is 10.6 Å². The van der Waals surface area contributed by atoms with E-state index in [-0.39, 0.29) is 11.9 Å². The number of nitrogens with zero attached hydrogens (tertiary/aromatic N) is 1. The quantitative estimate of drug-likeness (QED) is 0.913. The molecule has 1 aromatic carbocycles. The molecule has 1 aliphatic heterocycles. The maximum Gasteiger partial charge on any atom is 0.241 e. The molecular formula is C18H21N3O2. The van der Waals surface area contributed by atoms with E-state index in [1.807, 2.05) is 24.3 Å². The molecule has 2 N–H and O–H groups in total. The molecule has 5 heteroatoms. The van der Waals surface area contributed by atoms with E-state index in [0.29, 0.717) is 17.7 Å². The third-order valence-corrected chi connectivity index (χ3v) is 5.03. The van der Waals surface area contributed by atoms with Gasteiger partial charge in [0.05, 0.1) is 12.2 Å². The molecule has 0 spiro atoms. The van der Waals surface area contributed by atoms with E-state index in [1.165, 1.54) is 32.1 Å². The van der Waals surface area contributed by atoms with Crippen LogP contribution in [0.5, 0.6) is 0 Å². The van der Waals surface area contributed by atoms with Crippen LogP contribution in [0.4, 0.5) is 5.69 Å². The number of carbonyl (C=O) groups is 1. The van der Waals surface area contributed by atoms with Crippen molar-refractivity contribution in [2.24, 2.45) is 5.92 Å². The molecule has 3 atom stereocenters. The van der Waals surface area contributed by atoms with Gasteiger partial charge in [0, 0.05) is 17.3 Å². The van der Waals surface area contributed by atoms with E-state index in [1.54, 1.807) is 6.20 Å². The highest BCUT2D eigenvalue weighted by atomic mass is 16.3. The van der Waals surface area contributed by atoms with Gasteiger partial charge in [-0.1, -0.05) is 25.0 Å². The number of hydrogen-bond donors (Lipinski definition) is 2. The number of amides is 1. The Bertz CT molecular complexity index is 669. The molecule has 4 rings (SSSR count). The first-order valence-corrected chi connectivity index (χ1v) is 8.35. The number of carbonyl (C=O) groups excluding carboxylic acids is 1. The van der Waals surface area contributed by atoms with Crippen LogP contribution in [0.1, 0.15) is 32.1 Å². The van der Waals surface area contributed by atoms with Gasteiger partial charge in [-0.3, -0.25) is 4.79 Å². The molecule has 5 nitrogen and oxygen atoms in total. The lowest BCUT2D eigenvalue weighted by Gasteiger charge is -2.24. The summed E-state index contributed by atoms with van der Waals surface area (Å²) in [5, 5.41) is 6.55. The summed E-state index contributed by atoms with van der Waals surface area (Å²) in [5.74, 6) is 1.43. The first kappa shape index (κ1) is 14.5. The van der Waals surface area contributed by atoms with Gasteiger partial charge in [0.15, 0.2) is 12.2 Å². The molecule has 1 saturated heterocycles. The Morgan fingerprint density at radius 1 is 1.30 bits per heavy atom. The summed E-state index contributed by atoms with van der Waals surface area (Å²) in [5.41, 5.74) is 1.70. The molecule has 2 fully saturated rings. The zero-order valence-electron chi connectivity index (χ0n) is 13.0. The highest BCUT2D eigenvalue weighted by Gasteiger charge is 2.38. The van der Waals surface area contributed by atoms with Crippen molar-refractivity contribution < 1.29 is 9.21 Å². The Kier molecular flexibility index (Phi) is 3.87. The van der Waals surface area contributed by atoms with Crippen molar-refractivity contribution >= 4 is 11.6 Å². The van der Waals surface area contributed by atoms with E-state index in [4.69, 9.17) is 4.42 Å². The van der Waals surface area contributed by atoms with Gasteiger partial charge in [0.25, 0.3) is 0 Å². The van der Waals surface area contributed by atoms with Gasteiger partial charge >= 0.3 is 0 Å². The summed E-state index contributed by atoms with van der Waals surface area (Å²) in [6.07, 6.45) is 9.07. The van der Waals surface area contributed by atoms with Crippen molar-refractivity contribution in [3.63, 3.8) is 0 Å². The first-order valence-electron chi connectivity index (χ1n) is 8.35. The Balaban J connectivity index is 1.44. The van der Waals surface area contributed by atoms with Crippen LogP contribution in [-0.4, -0.2) is 23.0 Å². The van der Waals surface area contributed by atoms with Crippen molar-refractivity contribution in [3.8, 4) is 11.3 Å². The number of rotatable bonds is 3. The molecule has 23 heavy (non-hydrogen) atoms. The zero-order valence-corrected chi connectivity index (χ0v) is 13.0. The van der Waals surface area contributed by atoms with Crippen LogP contribution in [0.2, 0.25) is 0 Å². The molecule has 1 aromatic heterocycles. The van der Waals surface area contributed by atoms with E-state index >= 15 is 0 Å².